The van der Waals surface area contributed by atoms with Crippen molar-refractivity contribution in [2.45, 2.75) is 30.8 Å². The molecule has 8 rings (SSSR count). The van der Waals surface area contributed by atoms with Crippen molar-refractivity contribution in [2.24, 2.45) is 11.8 Å². The number of nitrogens with two attached hydrogens (primary N) is 1. The zero-order valence-electron chi connectivity index (χ0n) is 24.4. The van der Waals surface area contributed by atoms with Gasteiger partial charge in [0, 0.05) is 54.8 Å². The lowest BCUT2D eigenvalue weighted by Gasteiger charge is -2.24. The first-order chi connectivity index (χ1) is 22.2. The molecule has 13 heteroatoms. The van der Waals surface area contributed by atoms with E-state index in [9.17, 15) is 18.0 Å². The molecule has 0 spiro atoms. The number of carbonyl (C=O) groups is 1. The molecular weight excluding hydrogens is 604 g/mol. The number of anilines is 2. The van der Waals surface area contributed by atoms with E-state index in [1.54, 1.807) is 15.9 Å². The fourth-order valence-corrected chi connectivity index (χ4v) is 7.27. The first-order valence-corrected chi connectivity index (χ1v) is 15.1. The van der Waals surface area contributed by atoms with Crippen LogP contribution in [0.15, 0.2) is 30.5 Å². The number of hydrogen-bond donors (Lipinski definition) is 1. The van der Waals surface area contributed by atoms with E-state index in [0.29, 0.717) is 18.5 Å². The number of fused-ring (bicyclic) bond motifs is 4. The molecule has 46 heavy (non-hydrogen) atoms. The van der Waals surface area contributed by atoms with Crippen LogP contribution in [0.3, 0.4) is 0 Å². The Balaban J connectivity index is 1.25. The Bertz CT molecular complexity index is 1970. The fraction of sp³-hybridized carbons (Fsp3) is 0.394. The number of halogens is 4. The maximum absolute atomic E-state index is 16.7. The largest absolute Gasteiger partial charge is 0.463 e. The van der Waals surface area contributed by atoms with E-state index in [1.165, 1.54) is 24.4 Å². The van der Waals surface area contributed by atoms with Crippen LogP contribution in [-0.2, 0) is 9.53 Å². The fourth-order valence-electron chi connectivity index (χ4n) is 7.27. The number of nitrogen functional groups attached to an aromatic ring is 1. The normalized spacial score (nSPS) is 27.5. The molecule has 4 aromatic rings. The molecular formula is C33H28F4N6O3. The smallest absolute Gasteiger partial charge is 0.319 e. The van der Waals surface area contributed by atoms with Gasteiger partial charge in [-0.15, -0.1) is 6.42 Å². The average Bonchev–Trinajstić information content (AvgIpc) is 3.49. The van der Waals surface area contributed by atoms with E-state index in [2.05, 4.69) is 20.9 Å². The molecule has 2 N–H and O–H groups in total. The summed E-state index contributed by atoms with van der Waals surface area (Å²) in [6.45, 7) is 1.26. The van der Waals surface area contributed by atoms with Gasteiger partial charge < -0.3 is 20.1 Å². The lowest BCUT2D eigenvalue weighted by atomic mass is 9.95. The topological polar surface area (TPSA) is 107 Å². The summed E-state index contributed by atoms with van der Waals surface area (Å²) < 4.78 is 71.8. The second kappa shape index (κ2) is 10.8. The number of aromatic nitrogens is 3. The van der Waals surface area contributed by atoms with Crippen molar-refractivity contribution in [2.75, 3.05) is 50.1 Å². The Morgan fingerprint density at radius 1 is 1.17 bits per heavy atom. The van der Waals surface area contributed by atoms with Crippen LogP contribution in [0.1, 0.15) is 12.0 Å². The van der Waals surface area contributed by atoms with Crippen molar-refractivity contribution in [1.29, 1.82) is 0 Å². The van der Waals surface area contributed by atoms with Crippen molar-refractivity contribution >= 4 is 39.0 Å². The molecule has 2 aromatic heterocycles. The number of benzene rings is 2. The third kappa shape index (κ3) is 4.53. The van der Waals surface area contributed by atoms with Crippen LogP contribution in [0.2, 0.25) is 0 Å². The number of alkyl halides is 2. The molecule has 9 nitrogen and oxygen atoms in total. The van der Waals surface area contributed by atoms with Gasteiger partial charge in [-0.3, -0.25) is 14.7 Å². The van der Waals surface area contributed by atoms with E-state index in [1.807, 2.05) is 0 Å². The number of ketones is 1. The molecule has 2 aromatic carbocycles. The molecule has 3 saturated heterocycles. The number of Topliss-reactive ketones (excluding diaryl/α,β-unsaturated/α-hetero) is 1. The van der Waals surface area contributed by atoms with E-state index in [0.717, 1.165) is 0 Å². The van der Waals surface area contributed by atoms with Gasteiger partial charge in [0.05, 0.1) is 42.2 Å². The molecule has 0 radical (unpaired) electrons. The van der Waals surface area contributed by atoms with Crippen LogP contribution in [-0.4, -0.2) is 89.5 Å². The molecule has 3 unspecified atom stereocenters. The molecule has 6 atom stereocenters. The maximum atomic E-state index is 16.7. The highest BCUT2D eigenvalue weighted by atomic mass is 19.1. The maximum Gasteiger partial charge on any atom is 0.319 e. The van der Waals surface area contributed by atoms with Gasteiger partial charge in [-0.2, -0.15) is 9.97 Å². The molecule has 1 saturated carbocycles. The quantitative estimate of drug-likeness (QED) is 0.200. The minimum Gasteiger partial charge on any atom is -0.463 e. The number of pyridine rings is 1. The summed E-state index contributed by atoms with van der Waals surface area (Å²) in [6.07, 6.45) is 5.00. The number of rotatable bonds is 5. The Kier molecular flexibility index (Phi) is 6.77. The van der Waals surface area contributed by atoms with E-state index >= 15 is 4.39 Å². The van der Waals surface area contributed by atoms with Crippen LogP contribution >= 0.6 is 0 Å². The van der Waals surface area contributed by atoms with Crippen molar-refractivity contribution in [3.05, 3.63) is 47.7 Å². The summed E-state index contributed by atoms with van der Waals surface area (Å²) in [5, 5.41) is 0.962. The van der Waals surface area contributed by atoms with Gasteiger partial charge in [0.1, 0.15) is 41.8 Å². The van der Waals surface area contributed by atoms with Gasteiger partial charge in [-0.1, -0.05) is 12.0 Å². The predicted octanol–water partition coefficient (Wildman–Crippen LogP) is 3.85. The van der Waals surface area contributed by atoms with Crippen LogP contribution in [0.5, 0.6) is 6.01 Å². The molecule has 5 heterocycles. The molecule has 0 bridgehead atoms. The van der Waals surface area contributed by atoms with Crippen LogP contribution in [0.25, 0.3) is 32.9 Å². The van der Waals surface area contributed by atoms with Crippen molar-refractivity contribution < 1.29 is 31.8 Å². The first kappa shape index (κ1) is 28.9. The van der Waals surface area contributed by atoms with Crippen LogP contribution in [0.4, 0.5) is 29.1 Å². The molecule has 4 fully saturated rings. The minimum atomic E-state index is -1.16. The summed E-state index contributed by atoms with van der Waals surface area (Å²) in [5.41, 5.74) is 6.18. The molecule has 3 aliphatic heterocycles. The van der Waals surface area contributed by atoms with E-state index in [-0.39, 0.29) is 95.1 Å². The summed E-state index contributed by atoms with van der Waals surface area (Å²) in [4.78, 5) is 29.9. The van der Waals surface area contributed by atoms with E-state index < -0.39 is 42.0 Å². The van der Waals surface area contributed by atoms with Gasteiger partial charge in [-0.25, -0.2) is 17.6 Å². The highest BCUT2D eigenvalue weighted by Crippen LogP contribution is 2.45. The van der Waals surface area contributed by atoms with Crippen LogP contribution < -0.4 is 15.4 Å². The Morgan fingerprint density at radius 3 is 2.83 bits per heavy atom. The molecule has 4 aliphatic rings. The zero-order valence-corrected chi connectivity index (χ0v) is 24.4. The predicted molar refractivity (Wildman–Crippen MR) is 162 cm³/mol. The second-order valence-electron chi connectivity index (χ2n) is 12.3. The van der Waals surface area contributed by atoms with Gasteiger partial charge in [0.15, 0.2) is 11.6 Å². The highest BCUT2D eigenvalue weighted by Gasteiger charge is 2.56. The summed E-state index contributed by atoms with van der Waals surface area (Å²) in [7, 11) is 0. The van der Waals surface area contributed by atoms with Crippen molar-refractivity contribution in [3.63, 3.8) is 0 Å². The van der Waals surface area contributed by atoms with Crippen molar-refractivity contribution in [1.82, 2.24) is 19.9 Å². The summed E-state index contributed by atoms with van der Waals surface area (Å²) in [5.74, 6) is 0.0169. The van der Waals surface area contributed by atoms with E-state index in [4.69, 9.17) is 21.6 Å². The van der Waals surface area contributed by atoms with Crippen LogP contribution in [0, 0.1) is 35.8 Å². The van der Waals surface area contributed by atoms with Crippen molar-refractivity contribution in [3.8, 4) is 29.6 Å². The summed E-state index contributed by atoms with van der Waals surface area (Å²) >= 11 is 0. The SMILES string of the molecule is C#Cc1c(F)ccc2cc(N)cc(-c3ncc4c(N5CCOC[C@H]6[C@H](F)[C@H]65)nc(OCC5CN6CC(F)CC6C5=O)nc4c3F)c12. The highest BCUT2D eigenvalue weighted by molar-refractivity contribution is 6.03. The zero-order chi connectivity index (χ0) is 31.9. The molecule has 0 amide bonds. The van der Waals surface area contributed by atoms with Gasteiger partial charge in [0.2, 0.25) is 0 Å². The Hall–Kier alpha value is -4.54. The minimum absolute atomic E-state index is 0.0691. The summed E-state index contributed by atoms with van der Waals surface area (Å²) in [6, 6.07) is 4.55. The van der Waals surface area contributed by atoms with Gasteiger partial charge in [0.25, 0.3) is 0 Å². The first-order valence-electron chi connectivity index (χ1n) is 15.1. The third-order valence-corrected chi connectivity index (χ3v) is 9.54. The number of hydrogen-bond acceptors (Lipinski definition) is 9. The second-order valence-corrected chi connectivity index (χ2v) is 12.3. The average molecular weight is 633 g/mol. The standard InChI is InChI=1S/C33H28F4N6O3/c1-2-19-23(35)4-3-15-7-18(38)9-20(25(15)19)28-27(37)29-21(10-39-28)32(43-5-6-45-14-22-26(36)30(22)43)41-33(40-29)46-13-16-11-42-12-17(34)8-24(42)31(16)44/h1,3-4,7,9-10,16-17,22,24,26,30H,5-6,8,11-14,38H2/t16?,17?,22-,24?,26-,30-/m0/s1. The number of terminal acetylenes is 1. The number of ether oxygens (including phenoxy) is 2. The molecule has 1 aliphatic carbocycles. The number of carbonyl (C=O) groups excluding carboxylic acids is 1. The Morgan fingerprint density at radius 2 is 2.02 bits per heavy atom. The monoisotopic (exact) mass is 632 g/mol. The van der Waals surface area contributed by atoms with Gasteiger partial charge >= 0.3 is 6.01 Å². The lowest BCUT2D eigenvalue weighted by Crippen LogP contribution is -2.32. The number of nitrogens with zero attached hydrogens (tertiary/aromatic N) is 5. The Labute approximate surface area is 260 Å². The third-order valence-electron chi connectivity index (χ3n) is 9.54. The lowest BCUT2D eigenvalue weighted by molar-refractivity contribution is -0.123. The molecule has 236 valence electrons. The van der Waals surface area contributed by atoms with Gasteiger partial charge in [-0.05, 0) is 23.6 Å².